The van der Waals surface area contributed by atoms with Crippen molar-refractivity contribution < 1.29 is 23.9 Å². The molecule has 0 fully saturated rings. The molecule has 24 heavy (non-hydrogen) atoms. The number of nitrogens with one attached hydrogen (secondary N) is 1. The molecular formula is C17H26N2O5. The van der Waals surface area contributed by atoms with Crippen molar-refractivity contribution in [2.24, 2.45) is 5.90 Å². The van der Waals surface area contributed by atoms with Crippen LogP contribution < -0.4 is 11.2 Å². The van der Waals surface area contributed by atoms with Gasteiger partial charge in [-0.3, -0.25) is 0 Å². The molecule has 3 N–H and O–H groups in total. The average molecular weight is 338 g/mol. The van der Waals surface area contributed by atoms with Crippen molar-refractivity contribution in [1.29, 1.82) is 0 Å². The molecule has 0 aromatic heterocycles. The van der Waals surface area contributed by atoms with Crippen molar-refractivity contribution in [3.8, 4) is 0 Å². The van der Waals surface area contributed by atoms with Gasteiger partial charge in [0.05, 0.1) is 6.61 Å². The Bertz CT molecular complexity index is 513. The number of ether oxygens (including phenoxy) is 2. The molecule has 0 aliphatic heterocycles. The summed E-state index contributed by atoms with van der Waals surface area (Å²) in [5, 5.41) is 2.54. The van der Waals surface area contributed by atoms with E-state index < -0.39 is 23.7 Å². The minimum absolute atomic E-state index is 0.138. The maximum atomic E-state index is 12.2. The zero-order chi connectivity index (χ0) is 18.0. The molecular weight excluding hydrogens is 312 g/mol. The Kier molecular flexibility index (Phi) is 8.21. The van der Waals surface area contributed by atoms with Gasteiger partial charge >= 0.3 is 12.1 Å². The van der Waals surface area contributed by atoms with Crippen LogP contribution in [0.25, 0.3) is 0 Å². The fourth-order valence-electron chi connectivity index (χ4n) is 1.90. The number of hydrogen-bond donors (Lipinski definition) is 2. The van der Waals surface area contributed by atoms with Gasteiger partial charge in [0.15, 0.2) is 0 Å². The lowest BCUT2D eigenvalue weighted by Gasteiger charge is -2.23. The number of carbonyl (C=O) groups excluding carboxylic acids is 2. The van der Waals surface area contributed by atoms with Crippen molar-refractivity contribution in [3.05, 3.63) is 35.9 Å². The zero-order valence-electron chi connectivity index (χ0n) is 14.4. The van der Waals surface area contributed by atoms with Gasteiger partial charge in [-0.25, -0.2) is 15.5 Å². The van der Waals surface area contributed by atoms with Gasteiger partial charge in [-0.2, -0.15) is 0 Å². The third-order valence-electron chi connectivity index (χ3n) is 2.95. The first-order chi connectivity index (χ1) is 11.3. The number of amides is 1. The van der Waals surface area contributed by atoms with Crippen LogP contribution in [0.4, 0.5) is 4.79 Å². The van der Waals surface area contributed by atoms with Crippen LogP contribution in [0.3, 0.4) is 0 Å². The van der Waals surface area contributed by atoms with E-state index in [9.17, 15) is 9.59 Å². The standard InChI is InChI=1S/C17H26N2O5/c1-17(2,3)24-16(21)19-14(10-7-11-23-18)15(20)22-12-13-8-5-4-6-9-13/h4-6,8-9,14H,7,10-12,18H2,1-3H3,(H,19,21)/t14-/m0/s1. The van der Waals surface area contributed by atoms with Crippen molar-refractivity contribution >= 4 is 12.1 Å². The third-order valence-corrected chi connectivity index (χ3v) is 2.95. The predicted molar refractivity (Wildman–Crippen MR) is 88.8 cm³/mol. The van der Waals surface area contributed by atoms with Gasteiger partial charge in [-0.15, -0.1) is 0 Å². The summed E-state index contributed by atoms with van der Waals surface area (Å²) in [5.41, 5.74) is 0.218. The van der Waals surface area contributed by atoms with Gasteiger partial charge < -0.3 is 19.6 Å². The van der Waals surface area contributed by atoms with Gasteiger partial charge in [-0.05, 0) is 39.2 Å². The number of hydrogen-bond acceptors (Lipinski definition) is 6. The lowest BCUT2D eigenvalue weighted by atomic mass is 10.1. The molecule has 0 aliphatic carbocycles. The van der Waals surface area contributed by atoms with E-state index in [0.717, 1.165) is 5.56 Å². The van der Waals surface area contributed by atoms with Gasteiger partial charge in [0.25, 0.3) is 0 Å². The highest BCUT2D eigenvalue weighted by molar-refractivity contribution is 5.81. The fourth-order valence-corrected chi connectivity index (χ4v) is 1.90. The van der Waals surface area contributed by atoms with E-state index in [-0.39, 0.29) is 13.2 Å². The Hall–Kier alpha value is -2.12. The molecule has 1 amide bonds. The molecule has 0 saturated heterocycles. The summed E-state index contributed by atoms with van der Waals surface area (Å²) in [7, 11) is 0. The molecule has 0 radical (unpaired) electrons. The second-order valence-electron chi connectivity index (χ2n) is 6.31. The monoisotopic (exact) mass is 338 g/mol. The number of carbonyl (C=O) groups is 2. The molecule has 7 heteroatoms. The van der Waals surface area contributed by atoms with Crippen LogP contribution in [0.5, 0.6) is 0 Å². The van der Waals surface area contributed by atoms with Gasteiger partial charge in [-0.1, -0.05) is 30.3 Å². The van der Waals surface area contributed by atoms with Crippen LogP contribution in [-0.2, 0) is 25.7 Å². The van der Waals surface area contributed by atoms with E-state index in [0.29, 0.717) is 12.8 Å². The predicted octanol–water partition coefficient (Wildman–Crippen LogP) is 2.29. The first kappa shape index (κ1) is 19.9. The highest BCUT2D eigenvalue weighted by Crippen LogP contribution is 2.09. The largest absolute Gasteiger partial charge is 0.459 e. The number of benzene rings is 1. The smallest absolute Gasteiger partial charge is 0.408 e. The lowest BCUT2D eigenvalue weighted by Crippen LogP contribution is -2.44. The number of esters is 1. The second kappa shape index (κ2) is 9.89. The van der Waals surface area contributed by atoms with E-state index in [2.05, 4.69) is 10.2 Å². The molecule has 0 spiro atoms. The van der Waals surface area contributed by atoms with Crippen LogP contribution in [0.2, 0.25) is 0 Å². The van der Waals surface area contributed by atoms with E-state index in [1.54, 1.807) is 20.8 Å². The van der Waals surface area contributed by atoms with Gasteiger partial charge in [0.1, 0.15) is 18.2 Å². The van der Waals surface area contributed by atoms with Crippen molar-refractivity contribution in [3.63, 3.8) is 0 Å². The summed E-state index contributed by atoms with van der Waals surface area (Å²) in [6.07, 6.45) is 0.166. The topological polar surface area (TPSA) is 99.9 Å². The minimum Gasteiger partial charge on any atom is -0.459 e. The average Bonchev–Trinajstić information content (AvgIpc) is 2.51. The maximum absolute atomic E-state index is 12.2. The van der Waals surface area contributed by atoms with E-state index >= 15 is 0 Å². The van der Waals surface area contributed by atoms with Crippen LogP contribution >= 0.6 is 0 Å². The summed E-state index contributed by atoms with van der Waals surface area (Å²) in [4.78, 5) is 28.6. The summed E-state index contributed by atoms with van der Waals surface area (Å²) in [5.74, 6) is 4.46. The Morgan fingerprint density at radius 2 is 1.88 bits per heavy atom. The highest BCUT2D eigenvalue weighted by Gasteiger charge is 2.25. The van der Waals surface area contributed by atoms with Crippen molar-refractivity contribution in [2.75, 3.05) is 6.61 Å². The van der Waals surface area contributed by atoms with Crippen LogP contribution in [0.1, 0.15) is 39.2 Å². The van der Waals surface area contributed by atoms with Crippen LogP contribution in [0, 0.1) is 0 Å². The Morgan fingerprint density at radius 3 is 2.46 bits per heavy atom. The molecule has 1 aromatic rings. The summed E-state index contributed by atoms with van der Waals surface area (Å²) in [6.45, 7) is 5.66. The molecule has 0 bridgehead atoms. The number of rotatable bonds is 8. The number of alkyl carbamates (subject to hydrolysis) is 1. The quantitative estimate of drug-likeness (QED) is 0.428. The fraction of sp³-hybridized carbons (Fsp3) is 0.529. The maximum Gasteiger partial charge on any atom is 0.408 e. The molecule has 0 unspecified atom stereocenters. The molecule has 0 saturated carbocycles. The van der Waals surface area contributed by atoms with Gasteiger partial charge in [0.2, 0.25) is 0 Å². The molecule has 1 aromatic carbocycles. The SMILES string of the molecule is CC(C)(C)OC(=O)N[C@@H](CCCON)C(=O)OCc1ccccc1. The summed E-state index contributed by atoms with van der Waals surface area (Å²) in [6, 6.07) is 8.48. The molecule has 0 heterocycles. The first-order valence-corrected chi connectivity index (χ1v) is 7.83. The Balaban J connectivity index is 2.58. The third kappa shape index (κ3) is 8.50. The molecule has 0 aliphatic rings. The van der Waals surface area contributed by atoms with Crippen LogP contribution in [0.15, 0.2) is 30.3 Å². The van der Waals surface area contributed by atoms with Crippen molar-refractivity contribution in [2.45, 2.75) is 51.9 Å². The number of nitrogens with two attached hydrogens (primary N) is 1. The molecule has 134 valence electrons. The first-order valence-electron chi connectivity index (χ1n) is 7.83. The van der Waals surface area contributed by atoms with E-state index in [1.165, 1.54) is 0 Å². The molecule has 7 nitrogen and oxygen atoms in total. The Labute approximate surface area is 142 Å². The van der Waals surface area contributed by atoms with Crippen LogP contribution in [-0.4, -0.2) is 30.3 Å². The minimum atomic E-state index is -0.821. The molecule has 1 rings (SSSR count). The zero-order valence-corrected chi connectivity index (χ0v) is 14.4. The normalized spacial score (nSPS) is 12.3. The Morgan fingerprint density at radius 1 is 1.21 bits per heavy atom. The van der Waals surface area contributed by atoms with Crippen molar-refractivity contribution in [1.82, 2.24) is 5.32 Å². The van der Waals surface area contributed by atoms with E-state index in [1.807, 2.05) is 30.3 Å². The second-order valence-corrected chi connectivity index (χ2v) is 6.31. The highest BCUT2D eigenvalue weighted by atomic mass is 16.6. The van der Waals surface area contributed by atoms with Gasteiger partial charge in [0, 0.05) is 0 Å². The lowest BCUT2D eigenvalue weighted by molar-refractivity contribution is -0.147. The van der Waals surface area contributed by atoms with E-state index in [4.69, 9.17) is 15.4 Å². The summed E-state index contributed by atoms with van der Waals surface area (Å²) >= 11 is 0. The summed E-state index contributed by atoms with van der Waals surface area (Å²) < 4.78 is 10.4. The molecule has 1 atom stereocenters.